The predicted molar refractivity (Wildman–Crippen MR) is 266 cm³/mol. The van der Waals surface area contributed by atoms with Crippen LogP contribution in [0.4, 0.5) is 0 Å². The Morgan fingerprint density at radius 1 is 0.421 bits per heavy atom. The first-order valence-electron chi connectivity index (χ1n) is 22.3. The van der Waals surface area contributed by atoms with Gasteiger partial charge in [-0.3, -0.25) is 9.98 Å². The molecule has 76 heavy (non-hydrogen) atoms. The number of carbonyl (C=O) groups excluding carboxylic acids is 7. The number of unbranched alkanes of at least 4 members (excludes halogenated alkanes) is 3. The Morgan fingerprint density at radius 2 is 0.618 bits per heavy atom. The maximum Gasteiger partial charge on any atom is 3.00 e. The number of nitrogens with two attached hydrogens (primary N) is 12. The number of rotatable bonds is 33. The average molecular weight is 1320 g/mol. The summed E-state index contributed by atoms with van der Waals surface area (Å²) in [6, 6.07) is -6.43. The quantitative estimate of drug-likeness (QED) is 0.0126. The van der Waals surface area contributed by atoms with Crippen molar-refractivity contribution in [3.05, 3.63) is 11.5 Å². The van der Waals surface area contributed by atoms with E-state index in [9.17, 15) is 69.3 Å². The van der Waals surface area contributed by atoms with Crippen LogP contribution in [0.5, 0.6) is 0 Å². The van der Waals surface area contributed by atoms with Crippen molar-refractivity contribution in [1.82, 2.24) is 0 Å². The summed E-state index contributed by atoms with van der Waals surface area (Å²) in [5.41, 5.74) is 75.2. The maximum absolute atomic E-state index is 10.1. The fraction of sp³-hybridized carbons (Fsp3) is 0.775. The molecular formula is C40H83CuFeMnN16O14S2Zn. The van der Waals surface area contributed by atoms with Gasteiger partial charge >= 0.3 is 70.7 Å². The Kier molecular flexibility index (Phi) is 93.9. The molecular weight excluding hydrogens is 1230 g/mol. The summed E-state index contributed by atoms with van der Waals surface area (Å²) in [5.74, 6) is -7.18. The molecule has 0 aromatic rings. The number of aliphatic carboxylic acids is 7. The number of aliphatic imine (C=N–C) groups is 2. The molecule has 26 N–H and O–H groups in total. The molecule has 447 valence electrons. The molecule has 0 saturated heterocycles. The van der Waals surface area contributed by atoms with Crippen molar-refractivity contribution in [2.75, 3.05) is 56.7 Å². The van der Waals surface area contributed by atoms with E-state index in [1.165, 1.54) is 23.5 Å². The molecule has 0 fully saturated rings. The summed E-state index contributed by atoms with van der Waals surface area (Å²) in [5, 5.41) is 70.1. The zero-order valence-corrected chi connectivity index (χ0v) is 51.0. The SMILES string of the molecule is CSCC[C@H]([NH-])C(=O)[O-].CSCC[C@H]([NH-])C(=O)[O-].NC(N)=NCCC[C@H](N)C(=O)[O-].NC(N)=NCCC[C@H](N)C(=O)[O-].NCCCC[C@H](N)C(=O)[O-].NCCCC[C@H](N)C(=O)[O-].NCCCC[C@H](N)C(=O)[O-].[Cu+2].[Fe+3].[Mn+2].[Zn+2]. The number of thioether (sulfide) groups is 2. The van der Waals surface area contributed by atoms with E-state index in [0.29, 0.717) is 102 Å². The summed E-state index contributed by atoms with van der Waals surface area (Å²) in [7, 11) is 0. The van der Waals surface area contributed by atoms with Crippen LogP contribution >= 0.6 is 23.5 Å². The molecule has 0 spiro atoms. The largest absolute Gasteiger partial charge is 3.00 e. The molecule has 0 amide bonds. The zero-order valence-electron chi connectivity index (χ0n) is 43.2. The minimum atomic E-state index is -1.27. The van der Waals surface area contributed by atoms with E-state index >= 15 is 0 Å². The van der Waals surface area contributed by atoms with Crippen molar-refractivity contribution < 1.29 is 140 Å². The summed E-state index contributed by atoms with van der Waals surface area (Å²) >= 11 is 3.07. The van der Waals surface area contributed by atoms with Gasteiger partial charge < -0.3 is 150 Å². The van der Waals surface area contributed by atoms with Crippen LogP contribution in [0.1, 0.15) is 96.3 Å². The molecule has 0 aliphatic heterocycles. The minimum absolute atomic E-state index is 0. The van der Waals surface area contributed by atoms with Crippen LogP contribution < -0.4 is 105 Å². The van der Waals surface area contributed by atoms with Crippen molar-refractivity contribution in [1.29, 1.82) is 0 Å². The third kappa shape index (κ3) is 90.8. The van der Waals surface area contributed by atoms with Gasteiger partial charge in [0, 0.05) is 55.2 Å². The molecule has 0 aliphatic rings. The molecule has 0 saturated carbocycles. The molecule has 0 bridgehead atoms. The van der Waals surface area contributed by atoms with Gasteiger partial charge in [-0.25, -0.2) is 0 Å². The van der Waals surface area contributed by atoms with Crippen LogP contribution in [-0.2, 0) is 104 Å². The van der Waals surface area contributed by atoms with Gasteiger partial charge in [0.1, 0.15) is 0 Å². The third-order valence-electron chi connectivity index (χ3n) is 8.15. The van der Waals surface area contributed by atoms with Crippen LogP contribution in [0.25, 0.3) is 11.5 Å². The number of nitrogens with one attached hydrogen (secondary N) is 2. The monoisotopic (exact) mass is 1310 g/mol. The first-order valence-corrected chi connectivity index (χ1v) is 25.1. The Morgan fingerprint density at radius 3 is 0.763 bits per heavy atom. The van der Waals surface area contributed by atoms with Crippen molar-refractivity contribution in [3.63, 3.8) is 0 Å². The number of carboxylic acid groups (broad SMARTS) is 7. The van der Waals surface area contributed by atoms with E-state index in [2.05, 4.69) is 9.98 Å². The van der Waals surface area contributed by atoms with E-state index in [4.69, 9.17) is 80.3 Å². The maximum atomic E-state index is 10.1. The summed E-state index contributed by atoms with van der Waals surface area (Å²) < 4.78 is 0. The van der Waals surface area contributed by atoms with Crippen molar-refractivity contribution in [2.24, 2.45) is 78.8 Å². The first-order chi connectivity index (χ1) is 33.5. The summed E-state index contributed by atoms with van der Waals surface area (Å²) in [4.78, 5) is 77.4. The number of hydrogen-bond donors (Lipinski definition) is 12. The van der Waals surface area contributed by atoms with Crippen LogP contribution in [-0.4, -0.2) is 153 Å². The van der Waals surface area contributed by atoms with Gasteiger partial charge in [0.05, 0.1) is 29.8 Å². The summed E-state index contributed by atoms with van der Waals surface area (Å²) in [6.45, 7) is 2.53. The van der Waals surface area contributed by atoms with Gasteiger partial charge in [0.15, 0.2) is 11.9 Å². The Balaban J connectivity index is -0.0000000716. The number of hydrogen-bond acceptors (Lipinski definition) is 26. The van der Waals surface area contributed by atoms with Crippen molar-refractivity contribution in [2.45, 2.75) is 139 Å². The molecule has 0 aliphatic carbocycles. The fourth-order valence-corrected chi connectivity index (χ4v) is 4.80. The van der Waals surface area contributed by atoms with Gasteiger partial charge in [-0.2, -0.15) is 23.5 Å². The smallest absolute Gasteiger partial charge is 0.670 e. The van der Waals surface area contributed by atoms with Crippen molar-refractivity contribution >= 4 is 77.2 Å². The van der Waals surface area contributed by atoms with E-state index in [1.54, 1.807) is 0 Å². The van der Waals surface area contributed by atoms with Gasteiger partial charge in [0.2, 0.25) is 0 Å². The number of guanidine groups is 2. The molecule has 0 heterocycles. The summed E-state index contributed by atoms with van der Waals surface area (Å²) in [6.07, 6.45) is 12.3. The number of nitrogens with zero attached hydrogens (tertiary/aromatic N) is 2. The first kappa shape index (κ1) is 98.7. The molecule has 36 heteroatoms. The molecule has 0 aromatic carbocycles. The standard InChI is InChI=1S/2C6H14N4O2.3C6H14N2O2.2C5H10NO2S.Cu.Fe.Mn.Zn/c2*7-4(5(11)12)2-1-3-10-6(8)9;3*7-4-2-1-3-5(8)6(9)10;2*1-9-3-2-4(6)5(7)8;;;;/h2*4H,1-3,7H2,(H,11,12)(H4,8,9,10);3*5H,1-4,7-8H2,(H,9,10);2*4,6H,2-3H2,1H3,(H,7,8);;;;/q;;;;;2*-1;+2;+3;2*+2/p-7/t2*4-;3*5-;2*4-;;;;/m0000000..../s1. The molecule has 3 radical (unpaired) electrons. The second-order valence-corrected chi connectivity index (χ2v) is 16.7. The predicted octanol–water partition coefficient (Wildman–Crippen LogP) is -11.4. The molecule has 0 aromatic heterocycles. The second kappa shape index (κ2) is 72.3. The van der Waals surface area contributed by atoms with E-state index in [-0.39, 0.29) is 82.6 Å². The fourth-order valence-electron chi connectivity index (χ4n) is 3.86. The van der Waals surface area contributed by atoms with Crippen LogP contribution in [0.3, 0.4) is 0 Å². The Hall–Kier alpha value is -2.69. The minimum Gasteiger partial charge on any atom is -0.670 e. The molecule has 7 atom stereocenters. The molecule has 0 rings (SSSR count). The van der Waals surface area contributed by atoms with Gasteiger partial charge in [-0.05, 0) is 108 Å². The number of carboxylic acids is 7. The second-order valence-electron chi connectivity index (χ2n) is 14.7. The normalized spacial score (nSPS) is 12.1. The van der Waals surface area contributed by atoms with Crippen LogP contribution in [0.15, 0.2) is 9.98 Å². The van der Waals surface area contributed by atoms with Gasteiger partial charge in [-0.15, -0.1) is 0 Å². The van der Waals surface area contributed by atoms with Crippen molar-refractivity contribution in [3.8, 4) is 0 Å². The average Bonchev–Trinajstić information content (AvgIpc) is 3.30. The van der Waals surface area contributed by atoms with Gasteiger partial charge in [0.25, 0.3) is 0 Å². The zero-order chi connectivity index (χ0) is 57.6. The van der Waals surface area contributed by atoms with Gasteiger partial charge in [-0.1, -0.05) is 44.2 Å². The van der Waals surface area contributed by atoms with E-state index < -0.39 is 84.1 Å². The van der Waals surface area contributed by atoms with E-state index in [1.807, 2.05) is 12.5 Å². The molecule has 0 unspecified atom stereocenters. The van der Waals surface area contributed by atoms with Crippen LogP contribution in [0, 0.1) is 0 Å². The Labute approximate surface area is 499 Å². The van der Waals surface area contributed by atoms with Crippen LogP contribution in [0.2, 0.25) is 0 Å². The molecule has 30 nitrogen and oxygen atoms in total. The third-order valence-corrected chi connectivity index (χ3v) is 9.43. The number of carbonyl (C=O) groups is 7. The van der Waals surface area contributed by atoms with E-state index in [0.717, 1.165) is 38.5 Å². The Bertz CT molecular complexity index is 1350. The topological polar surface area (TPSA) is 665 Å².